The van der Waals surface area contributed by atoms with Crippen LogP contribution in [0.25, 0.3) is 0 Å². The van der Waals surface area contributed by atoms with Gasteiger partial charge >= 0.3 is 0 Å². The number of halogens is 2. The molecule has 0 aromatic carbocycles. The topological polar surface area (TPSA) is 71.0 Å². The van der Waals surface area contributed by atoms with Crippen molar-refractivity contribution in [1.29, 1.82) is 0 Å². The third-order valence-electron chi connectivity index (χ3n) is 4.26. The summed E-state index contributed by atoms with van der Waals surface area (Å²) in [7, 11) is 3.38. The number of alkyl halides is 2. The van der Waals surface area contributed by atoms with Crippen LogP contribution in [0, 0.1) is 5.21 Å². The third-order valence-corrected chi connectivity index (χ3v) is 6.15. The first-order valence-electron chi connectivity index (χ1n) is 7.67. The van der Waals surface area contributed by atoms with Crippen LogP contribution in [0.5, 0.6) is 0 Å². The van der Waals surface area contributed by atoms with Crippen LogP contribution in [0.2, 0.25) is 0 Å². The predicted molar refractivity (Wildman–Crippen MR) is 99.9 cm³/mol. The normalized spacial score (nSPS) is 39.5. The number of aliphatic hydroxyl groups is 1. The van der Waals surface area contributed by atoms with Crippen LogP contribution < -0.4 is 0 Å². The van der Waals surface area contributed by atoms with Gasteiger partial charge < -0.3 is 29.2 Å². The number of aliphatic hydroxyl groups excluding tert-OH is 1. The van der Waals surface area contributed by atoms with Crippen molar-refractivity contribution < 1.29 is 24.0 Å². The van der Waals surface area contributed by atoms with E-state index >= 15 is 0 Å². The molecule has 0 amide bonds. The van der Waals surface area contributed by atoms with Gasteiger partial charge in [0.15, 0.2) is 0 Å². The van der Waals surface area contributed by atoms with Crippen molar-refractivity contribution in [2.75, 3.05) is 27.3 Å². The van der Waals surface area contributed by atoms with Crippen LogP contribution in [0.15, 0.2) is 0 Å². The molecule has 22 heavy (non-hydrogen) atoms. The molecular formula is C14H25I2NO5. The van der Waals surface area contributed by atoms with E-state index in [1.54, 1.807) is 14.1 Å². The molecule has 2 heterocycles. The van der Waals surface area contributed by atoms with E-state index in [1.807, 2.05) is 0 Å². The molecular weight excluding hydrogens is 516 g/mol. The van der Waals surface area contributed by atoms with Gasteiger partial charge in [0.1, 0.15) is 20.4 Å². The number of likely N-dealkylation sites (N-methyl/N-ethyl adjacent to an activating group) is 1. The molecule has 2 rings (SSSR count). The van der Waals surface area contributed by atoms with Crippen molar-refractivity contribution in [3.05, 3.63) is 5.21 Å². The minimum Gasteiger partial charge on any atom is -0.633 e. The summed E-state index contributed by atoms with van der Waals surface area (Å²) in [5.74, 6) is 0. The van der Waals surface area contributed by atoms with Crippen molar-refractivity contribution in [2.24, 2.45) is 0 Å². The number of ether oxygens (including phenoxy) is 3. The summed E-state index contributed by atoms with van der Waals surface area (Å²) < 4.78 is 17.2. The summed E-state index contributed by atoms with van der Waals surface area (Å²) in [5.41, 5.74) is 0. The molecule has 0 saturated carbocycles. The molecule has 0 aromatic rings. The quantitative estimate of drug-likeness (QED) is 0.176. The minimum absolute atomic E-state index is 0.00111. The van der Waals surface area contributed by atoms with Crippen molar-refractivity contribution in [2.45, 2.75) is 58.3 Å². The lowest BCUT2D eigenvalue weighted by Gasteiger charge is -2.41. The Bertz CT molecular complexity index is 355. The average Bonchev–Trinajstić information content (AvgIpc) is 2.97. The highest BCUT2D eigenvalue weighted by atomic mass is 127. The molecule has 6 nitrogen and oxygen atoms in total. The standard InChI is InChI=1S/C14H25I2NO5/c1-17(2,19)10-7-13(15)22-11(10)4-3-5-20-12-6-9(8-18)21-14(12)16/h9-14,18H,3-8H2,1-2H3. The lowest BCUT2D eigenvalue weighted by atomic mass is 10.0. The minimum atomic E-state index is -0.296. The van der Waals surface area contributed by atoms with Crippen LogP contribution in [0.4, 0.5) is 0 Å². The summed E-state index contributed by atoms with van der Waals surface area (Å²) in [6.07, 6.45) is 3.22. The number of nitrogens with zero attached hydrogens (tertiary/aromatic N) is 1. The highest BCUT2D eigenvalue weighted by Gasteiger charge is 2.40. The Labute approximate surface area is 159 Å². The van der Waals surface area contributed by atoms with Gasteiger partial charge in [0.25, 0.3) is 0 Å². The largest absolute Gasteiger partial charge is 0.633 e. The van der Waals surface area contributed by atoms with Gasteiger partial charge in [0.2, 0.25) is 0 Å². The maximum Gasteiger partial charge on any atom is 0.135 e. The summed E-state index contributed by atoms with van der Waals surface area (Å²) in [5, 5.41) is 21.3. The number of hydrogen-bond donors (Lipinski definition) is 1. The maximum atomic E-state index is 12.2. The molecule has 2 aliphatic heterocycles. The fourth-order valence-corrected chi connectivity index (χ4v) is 4.88. The molecule has 6 atom stereocenters. The second-order valence-corrected chi connectivity index (χ2v) is 9.02. The Kier molecular flexibility index (Phi) is 7.59. The van der Waals surface area contributed by atoms with Gasteiger partial charge in [-0.3, -0.25) is 0 Å². The Balaban J connectivity index is 1.70. The molecule has 130 valence electrons. The fourth-order valence-electron chi connectivity index (χ4n) is 3.07. The predicted octanol–water partition coefficient (Wildman–Crippen LogP) is 2.19. The zero-order chi connectivity index (χ0) is 16.3. The molecule has 8 heteroatoms. The molecule has 2 saturated heterocycles. The first kappa shape index (κ1) is 19.5. The average molecular weight is 541 g/mol. The highest BCUT2D eigenvalue weighted by Crippen LogP contribution is 2.33. The molecule has 0 aromatic heterocycles. The summed E-state index contributed by atoms with van der Waals surface area (Å²) >= 11 is 4.47. The van der Waals surface area contributed by atoms with Crippen LogP contribution in [0.1, 0.15) is 25.7 Å². The van der Waals surface area contributed by atoms with Gasteiger partial charge in [-0.15, -0.1) is 0 Å². The van der Waals surface area contributed by atoms with Crippen LogP contribution >= 0.6 is 45.2 Å². The molecule has 0 aliphatic carbocycles. The van der Waals surface area contributed by atoms with Crippen molar-refractivity contribution in [3.8, 4) is 0 Å². The van der Waals surface area contributed by atoms with Crippen molar-refractivity contribution in [1.82, 2.24) is 0 Å². The van der Waals surface area contributed by atoms with Crippen LogP contribution in [0.3, 0.4) is 0 Å². The summed E-state index contributed by atoms with van der Waals surface area (Å²) in [6.45, 7) is 0.682. The van der Waals surface area contributed by atoms with Gasteiger partial charge in [-0.05, 0) is 35.4 Å². The zero-order valence-electron chi connectivity index (χ0n) is 13.0. The van der Waals surface area contributed by atoms with Crippen molar-refractivity contribution >= 4 is 45.2 Å². The van der Waals surface area contributed by atoms with Crippen LogP contribution in [-0.2, 0) is 14.2 Å². The van der Waals surface area contributed by atoms with E-state index in [9.17, 15) is 5.21 Å². The smallest absolute Gasteiger partial charge is 0.135 e. The van der Waals surface area contributed by atoms with Crippen LogP contribution in [-0.4, -0.2) is 69.6 Å². The van der Waals surface area contributed by atoms with E-state index < -0.39 is 0 Å². The molecule has 2 fully saturated rings. The Hall–Kier alpha value is 1.22. The highest BCUT2D eigenvalue weighted by molar-refractivity contribution is 14.1. The van der Waals surface area contributed by atoms with E-state index in [2.05, 4.69) is 45.2 Å². The Morgan fingerprint density at radius 3 is 2.59 bits per heavy atom. The van der Waals surface area contributed by atoms with E-state index in [-0.39, 0.29) is 43.8 Å². The number of rotatable bonds is 7. The first-order valence-corrected chi connectivity index (χ1v) is 10.2. The molecule has 0 bridgehead atoms. The SMILES string of the molecule is C[N+](C)([O-])C1CC(I)OC1CCCOC1CC(CO)OC1I. The van der Waals surface area contributed by atoms with E-state index in [0.717, 1.165) is 25.7 Å². The maximum absolute atomic E-state index is 12.2. The summed E-state index contributed by atoms with van der Waals surface area (Å²) in [4.78, 5) is 0. The Morgan fingerprint density at radius 1 is 1.27 bits per heavy atom. The van der Waals surface area contributed by atoms with Gasteiger partial charge in [0, 0.05) is 19.4 Å². The molecule has 6 unspecified atom stereocenters. The van der Waals surface area contributed by atoms with Gasteiger partial charge in [-0.2, -0.15) is 0 Å². The van der Waals surface area contributed by atoms with Crippen molar-refractivity contribution in [3.63, 3.8) is 0 Å². The Morgan fingerprint density at radius 2 is 2.00 bits per heavy atom. The number of hydrogen-bond acceptors (Lipinski definition) is 5. The van der Waals surface area contributed by atoms with Gasteiger partial charge in [-0.1, -0.05) is 22.6 Å². The lowest BCUT2D eigenvalue weighted by molar-refractivity contribution is -0.868. The van der Waals surface area contributed by atoms with E-state index in [4.69, 9.17) is 19.3 Å². The third kappa shape index (κ3) is 5.36. The first-order chi connectivity index (χ1) is 10.3. The second-order valence-electron chi connectivity index (χ2n) is 6.40. The fraction of sp³-hybridized carbons (Fsp3) is 1.00. The monoisotopic (exact) mass is 541 g/mol. The molecule has 1 N–H and O–H groups in total. The van der Waals surface area contributed by atoms with Gasteiger partial charge in [-0.25, -0.2) is 0 Å². The second kappa shape index (κ2) is 8.54. The molecule has 0 radical (unpaired) electrons. The lowest BCUT2D eigenvalue weighted by Crippen LogP contribution is -2.48. The molecule has 2 aliphatic rings. The molecule has 0 spiro atoms. The number of hydroxylamine groups is 3. The summed E-state index contributed by atoms with van der Waals surface area (Å²) in [6, 6.07) is 0.00723. The number of quaternary nitrogens is 1. The van der Waals surface area contributed by atoms with Gasteiger partial charge in [0.05, 0.1) is 32.9 Å². The van der Waals surface area contributed by atoms with E-state index in [1.165, 1.54) is 0 Å². The zero-order valence-corrected chi connectivity index (χ0v) is 17.3. The van der Waals surface area contributed by atoms with E-state index in [0.29, 0.717) is 6.61 Å².